The zero-order chi connectivity index (χ0) is 17.7. The summed E-state index contributed by atoms with van der Waals surface area (Å²) in [6.07, 6.45) is 1.74. The number of rotatable bonds is 4. The van der Waals surface area contributed by atoms with E-state index in [-0.39, 0.29) is 12.1 Å². The number of nitrogens with one attached hydrogen (secondary N) is 2. The molecule has 2 amide bonds. The van der Waals surface area contributed by atoms with Crippen molar-refractivity contribution in [3.8, 4) is 5.75 Å². The molecule has 0 saturated carbocycles. The van der Waals surface area contributed by atoms with Crippen LogP contribution in [0, 0.1) is 6.92 Å². The van der Waals surface area contributed by atoms with Gasteiger partial charge in [-0.2, -0.15) is 0 Å². The SMILES string of the molecule is COc1ccc(C)cc1[C@H](C)NC(=O)C(=O)N(C)C1CCNCC1. The highest BCUT2D eigenvalue weighted by Gasteiger charge is 2.27. The first kappa shape index (κ1) is 18.3. The van der Waals surface area contributed by atoms with Crippen molar-refractivity contribution >= 4 is 11.8 Å². The van der Waals surface area contributed by atoms with E-state index in [1.165, 1.54) is 0 Å². The van der Waals surface area contributed by atoms with Gasteiger partial charge in [-0.15, -0.1) is 0 Å². The number of likely N-dealkylation sites (N-methyl/N-ethyl adjacent to an activating group) is 1. The van der Waals surface area contributed by atoms with Crippen molar-refractivity contribution in [2.75, 3.05) is 27.2 Å². The Kier molecular flexibility index (Phi) is 6.20. The van der Waals surface area contributed by atoms with Gasteiger partial charge in [0.25, 0.3) is 0 Å². The molecule has 0 aromatic heterocycles. The molecule has 1 aromatic rings. The second-order valence-electron chi connectivity index (χ2n) is 6.34. The van der Waals surface area contributed by atoms with Crippen LogP contribution in [-0.2, 0) is 9.59 Å². The largest absolute Gasteiger partial charge is 0.496 e. The Morgan fingerprint density at radius 2 is 2.00 bits per heavy atom. The summed E-state index contributed by atoms with van der Waals surface area (Å²) in [5.74, 6) is -0.361. The fraction of sp³-hybridized carbons (Fsp3) is 0.556. The Bertz CT molecular complexity index is 597. The number of benzene rings is 1. The summed E-state index contributed by atoms with van der Waals surface area (Å²) in [4.78, 5) is 26.3. The third-order valence-electron chi connectivity index (χ3n) is 4.57. The molecule has 1 aromatic carbocycles. The lowest BCUT2D eigenvalue weighted by Gasteiger charge is -2.31. The Morgan fingerprint density at radius 1 is 1.33 bits per heavy atom. The van der Waals surface area contributed by atoms with E-state index in [1.807, 2.05) is 32.0 Å². The molecular formula is C18H27N3O3. The Balaban J connectivity index is 2.02. The lowest BCUT2D eigenvalue weighted by atomic mass is 10.0. The molecule has 1 fully saturated rings. The van der Waals surface area contributed by atoms with E-state index in [2.05, 4.69) is 10.6 Å². The lowest BCUT2D eigenvalue weighted by molar-refractivity contribution is -0.147. The standard InChI is InChI=1S/C18H27N3O3/c1-12-5-6-16(24-4)15(11-12)13(2)20-17(22)18(23)21(3)14-7-9-19-10-8-14/h5-6,11,13-14,19H,7-10H2,1-4H3,(H,20,22)/t13-/m0/s1. The van der Waals surface area contributed by atoms with Gasteiger partial charge in [0.2, 0.25) is 0 Å². The van der Waals surface area contributed by atoms with Crippen molar-refractivity contribution in [1.29, 1.82) is 0 Å². The predicted octanol–water partition coefficient (Wildman–Crippen LogP) is 1.39. The topological polar surface area (TPSA) is 70.7 Å². The van der Waals surface area contributed by atoms with Crippen LogP contribution in [0.1, 0.15) is 36.9 Å². The summed E-state index contributed by atoms with van der Waals surface area (Å²) in [5, 5.41) is 6.05. The molecule has 1 aliphatic rings. The Morgan fingerprint density at radius 3 is 2.62 bits per heavy atom. The predicted molar refractivity (Wildman–Crippen MR) is 93.0 cm³/mol. The van der Waals surface area contributed by atoms with Gasteiger partial charge in [0.15, 0.2) is 0 Å². The molecular weight excluding hydrogens is 306 g/mol. The third kappa shape index (κ3) is 4.26. The van der Waals surface area contributed by atoms with E-state index in [1.54, 1.807) is 19.1 Å². The molecule has 2 N–H and O–H groups in total. The molecule has 0 unspecified atom stereocenters. The molecule has 0 bridgehead atoms. The molecule has 1 aliphatic heterocycles. The quantitative estimate of drug-likeness (QED) is 0.817. The second kappa shape index (κ2) is 8.15. The minimum Gasteiger partial charge on any atom is -0.496 e. The van der Waals surface area contributed by atoms with E-state index in [4.69, 9.17) is 4.74 Å². The first-order chi connectivity index (χ1) is 11.4. The maximum atomic E-state index is 12.4. The van der Waals surface area contributed by atoms with Gasteiger partial charge in [-0.3, -0.25) is 9.59 Å². The van der Waals surface area contributed by atoms with E-state index in [0.717, 1.165) is 37.1 Å². The van der Waals surface area contributed by atoms with E-state index >= 15 is 0 Å². The molecule has 6 nitrogen and oxygen atoms in total. The molecule has 24 heavy (non-hydrogen) atoms. The number of carbonyl (C=O) groups is 2. The van der Waals surface area contributed by atoms with Crippen LogP contribution in [0.2, 0.25) is 0 Å². The lowest BCUT2D eigenvalue weighted by Crippen LogP contribution is -2.49. The van der Waals surface area contributed by atoms with Gasteiger partial charge in [0.1, 0.15) is 5.75 Å². The number of methoxy groups -OCH3 is 1. The second-order valence-corrected chi connectivity index (χ2v) is 6.34. The minimum atomic E-state index is -0.577. The molecule has 0 aliphatic carbocycles. The maximum absolute atomic E-state index is 12.4. The summed E-state index contributed by atoms with van der Waals surface area (Å²) < 4.78 is 5.35. The van der Waals surface area contributed by atoms with Crippen LogP contribution >= 0.6 is 0 Å². The molecule has 132 valence electrons. The normalized spacial score (nSPS) is 16.3. The summed E-state index contributed by atoms with van der Waals surface area (Å²) in [6.45, 7) is 5.59. The number of piperidine rings is 1. The third-order valence-corrected chi connectivity index (χ3v) is 4.57. The zero-order valence-corrected chi connectivity index (χ0v) is 14.9. The van der Waals surface area contributed by atoms with Crippen LogP contribution in [-0.4, -0.2) is 50.0 Å². The van der Waals surface area contributed by atoms with Crippen LogP contribution in [0.4, 0.5) is 0 Å². The first-order valence-corrected chi connectivity index (χ1v) is 8.37. The summed E-state index contributed by atoms with van der Waals surface area (Å²) >= 11 is 0. The van der Waals surface area contributed by atoms with Crippen LogP contribution < -0.4 is 15.4 Å². The number of aryl methyl sites for hydroxylation is 1. The highest BCUT2D eigenvalue weighted by Crippen LogP contribution is 2.26. The molecule has 0 radical (unpaired) electrons. The van der Waals surface area contributed by atoms with Gasteiger partial charge < -0.3 is 20.3 Å². The number of nitrogens with zero attached hydrogens (tertiary/aromatic N) is 1. The Labute approximate surface area is 143 Å². The van der Waals surface area contributed by atoms with Crippen molar-refractivity contribution in [2.24, 2.45) is 0 Å². The molecule has 2 rings (SSSR count). The molecule has 6 heteroatoms. The van der Waals surface area contributed by atoms with Crippen LogP contribution in [0.5, 0.6) is 5.75 Å². The van der Waals surface area contributed by atoms with Crippen molar-refractivity contribution in [3.05, 3.63) is 29.3 Å². The number of ether oxygens (including phenoxy) is 1. The van der Waals surface area contributed by atoms with Crippen molar-refractivity contribution < 1.29 is 14.3 Å². The zero-order valence-electron chi connectivity index (χ0n) is 14.9. The van der Waals surface area contributed by atoms with Crippen molar-refractivity contribution in [3.63, 3.8) is 0 Å². The molecule has 1 atom stereocenters. The van der Waals surface area contributed by atoms with E-state index in [9.17, 15) is 9.59 Å². The molecule has 1 heterocycles. The van der Waals surface area contributed by atoms with Gasteiger partial charge in [-0.1, -0.05) is 17.7 Å². The highest BCUT2D eigenvalue weighted by molar-refractivity contribution is 6.35. The van der Waals surface area contributed by atoms with Crippen LogP contribution in [0.25, 0.3) is 0 Å². The number of amides is 2. The Hall–Kier alpha value is -2.08. The smallest absolute Gasteiger partial charge is 0.311 e. The van der Waals surface area contributed by atoms with Gasteiger partial charge in [-0.25, -0.2) is 0 Å². The maximum Gasteiger partial charge on any atom is 0.311 e. The molecule has 0 spiro atoms. The van der Waals surface area contributed by atoms with Gasteiger partial charge in [-0.05, 0) is 45.8 Å². The van der Waals surface area contributed by atoms with Gasteiger partial charge in [0, 0.05) is 18.7 Å². The fourth-order valence-corrected chi connectivity index (χ4v) is 3.05. The molecule has 1 saturated heterocycles. The average molecular weight is 333 g/mol. The van der Waals surface area contributed by atoms with E-state index in [0.29, 0.717) is 5.75 Å². The monoisotopic (exact) mass is 333 g/mol. The first-order valence-electron chi connectivity index (χ1n) is 8.37. The van der Waals surface area contributed by atoms with Crippen molar-refractivity contribution in [2.45, 2.75) is 38.8 Å². The number of carbonyl (C=O) groups excluding carboxylic acids is 2. The fourth-order valence-electron chi connectivity index (χ4n) is 3.05. The summed E-state index contributed by atoms with van der Waals surface area (Å²) in [7, 11) is 3.30. The van der Waals surface area contributed by atoms with Crippen molar-refractivity contribution in [1.82, 2.24) is 15.5 Å². The van der Waals surface area contributed by atoms with E-state index < -0.39 is 11.8 Å². The van der Waals surface area contributed by atoms with Gasteiger partial charge >= 0.3 is 11.8 Å². The summed E-state index contributed by atoms with van der Waals surface area (Å²) in [6, 6.07) is 5.60. The van der Waals surface area contributed by atoms with Gasteiger partial charge in [0.05, 0.1) is 13.2 Å². The highest BCUT2D eigenvalue weighted by atomic mass is 16.5. The van der Waals surface area contributed by atoms with Crippen LogP contribution in [0.15, 0.2) is 18.2 Å². The average Bonchev–Trinajstić information content (AvgIpc) is 2.61. The summed E-state index contributed by atoms with van der Waals surface area (Å²) in [5.41, 5.74) is 1.94. The van der Waals surface area contributed by atoms with Crippen LogP contribution in [0.3, 0.4) is 0 Å². The number of hydrogen-bond donors (Lipinski definition) is 2. The minimum absolute atomic E-state index is 0.119. The number of hydrogen-bond acceptors (Lipinski definition) is 4.